The molecular weight excluding hydrogens is 204 g/mol. The summed E-state index contributed by atoms with van der Waals surface area (Å²) in [6.45, 7) is 9.13. The molecule has 17 heavy (non-hydrogen) atoms. The maximum Gasteiger partial charge on any atom is -0.0131 e. The lowest BCUT2D eigenvalue weighted by atomic mass is 9.86. The molecule has 0 spiro atoms. The zero-order valence-corrected chi connectivity index (χ0v) is 11.8. The van der Waals surface area contributed by atoms with E-state index in [0.29, 0.717) is 0 Å². The molecule has 0 heterocycles. The maximum absolute atomic E-state index is 2.36. The summed E-state index contributed by atoms with van der Waals surface area (Å²) < 4.78 is 0. The van der Waals surface area contributed by atoms with Crippen LogP contribution in [0.4, 0.5) is 0 Å². The molecule has 0 unspecified atom stereocenters. The Morgan fingerprint density at radius 1 is 1.12 bits per heavy atom. The van der Waals surface area contributed by atoms with Gasteiger partial charge in [-0.3, -0.25) is 0 Å². The summed E-state index contributed by atoms with van der Waals surface area (Å²) in [6, 6.07) is 9.36. The fourth-order valence-corrected chi connectivity index (χ4v) is 2.67. The zero-order chi connectivity index (χ0) is 12.5. The van der Waals surface area contributed by atoms with E-state index in [2.05, 4.69) is 52.0 Å². The Morgan fingerprint density at radius 2 is 1.76 bits per heavy atom. The number of rotatable bonds is 4. The summed E-state index contributed by atoms with van der Waals surface area (Å²) in [5.41, 5.74) is 3.30. The third-order valence-electron chi connectivity index (χ3n) is 4.06. The zero-order valence-electron chi connectivity index (χ0n) is 11.8. The van der Waals surface area contributed by atoms with Crippen molar-refractivity contribution >= 4 is 0 Å². The minimum absolute atomic E-state index is 0.281. The second-order valence-electron chi connectivity index (χ2n) is 6.62. The molecule has 94 valence electrons. The summed E-state index contributed by atoms with van der Waals surface area (Å²) >= 11 is 0. The molecule has 0 radical (unpaired) electrons. The Bertz CT molecular complexity index is 353. The monoisotopic (exact) mass is 230 g/mol. The molecule has 1 aromatic rings. The maximum atomic E-state index is 2.36. The standard InChI is InChI=1S/C17H26/c1-5-6-7-14-12-16(14)13-8-10-15(11-9-13)17(2,3)4/h8-11,14,16H,5-7,12H2,1-4H3/t14-,16-/m0/s1. The first-order valence-electron chi connectivity index (χ1n) is 7.13. The van der Waals surface area contributed by atoms with Gasteiger partial charge in [-0.25, -0.2) is 0 Å². The highest BCUT2D eigenvalue weighted by Gasteiger charge is 2.37. The highest BCUT2D eigenvalue weighted by Crippen LogP contribution is 2.50. The molecule has 0 bridgehead atoms. The van der Waals surface area contributed by atoms with Crippen molar-refractivity contribution in [3.63, 3.8) is 0 Å². The molecule has 1 saturated carbocycles. The van der Waals surface area contributed by atoms with E-state index >= 15 is 0 Å². The first kappa shape index (κ1) is 12.7. The van der Waals surface area contributed by atoms with Gasteiger partial charge >= 0.3 is 0 Å². The second-order valence-corrected chi connectivity index (χ2v) is 6.62. The SMILES string of the molecule is CCCC[C@H]1C[C@H]1c1ccc(C(C)(C)C)cc1. The molecule has 1 aliphatic rings. The molecule has 1 aliphatic carbocycles. The molecule has 2 rings (SSSR count). The molecule has 0 nitrogen and oxygen atoms in total. The van der Waals surface area contributed by atoms with Crippen LogP contribution in [0.3, 0.4) is 0 Å². The molecule has 1 aromatic carbocycles. The van der Waals surface area contributed by atoms with E-state index in [0.717, 1.165) is 11.8 Å². The van der Waals surface area contributed by atoms with E-state index in [1.807, 2.05) is 0 Å². The third kappa shape index (κ3) is 3.12. The van der Waals surface area contributed by atoms with Gasteiger partial charge in [-0.15, -0.1) is 0 Å². The molecule has 0 aliphatic heterocycles. The highest BCUT2D eigenvalue weighted by atomic mass is 14.4. The van der Waals surface area contributed by atoms with Crippen molar-refractivity contribution in [2.24, 2.45) is 5.92 Å². The lowest BCUT2D eigenvalue weighted by Crippen LogP contribution is -2.10. The minimum Gasteiger partial charge on any atom is -0.0654 e. The summed E-state index contributed by atoms with van der Waals surface area (Å²) in [5, 5.41) is 0. The Kier molecular flexibility index (Phi) is 3.61. The van der Waals surface area contributed by atoms with Gasteiger partial charge < -0.3 is 0 Å². The van der Waals surface area contributed by atoms with E-state index in [1.54, 1.807) is 5.56 Å². The van der Waals surface area contributed by atoms with Crippen LogP contribution in [0.1, 0.15) is 70.4 Å². The van der Waals surface area contributed by atoms with E-state index in [9.17, 15) is 0 Å². The first-order chi connectivity index (χ1) is 8.02. The average molecular weight is 230 g/mol. The fourth-order valence-electron chi connectivity index (χ4n) is 2.67. The number of benzene rings is 1. The van der Waals surface area contributed by atoms with Gasteiger partial charge in [0.15, 0.2) is 0 Å². The van der Waals surface area contributed by atoms with Gasteiger partial charge in [-0.2, -0.15) is 0 Å². The summed E-state index contributed by atoms with van der Waals surface area (Å²) in [6.07, 6.45) is 5.60. The quantitative estimate of drug-likeness (QED) is 0.660. The molecule has 2 atom stereocenters. The smallest absolute Gasteiger partial charge is 0.0131 e. The van der Waals surface area contributed by atoms with Gasteiger partial charge in [0.1, 0.15) is 0 Å². The van der Waals surface area contributed by atoms with Crippen LogP contribution in [0, 0.1) is 5.92 Å². The van der Waals surface area contributed by atoms with Gasteiger partial charge in [-0.1, -0.05) is 64.8 Å². The summed E-state index contributed by atoms with van der Waals surface area (Å²) in [5.74, 6) is 1.85. The van der Waals surface area contributed by atoms with Crippen LogP contribution in [0.2, 0.25) is 0 Å². The van der Waals surface area contributed by atoms with Crippen LogP contribution in [-0.4, -0.2) is 0 Å². The van der Waals surface area contributed by atoms with Crippen LogP contribution in [-0.2, 0) is 5.41 Å². The van der Waals surface area contributed by atoms with E-state index in [-0.39, 0.29) is 5.41 Å². The summed E-state index contributed by atoms with van der Waals surface area (Å²) in [7, 11) is 0. The topological polar surface area (TPSA) is 0 Å². The van der Waals surface area contributed by atoms with Crippen LogP contribution < -0.4 is 0 Å². The van der Waals surface area contributed by atoms with Crippen molar-refractivity contribution in [1.82, 2.24) is 0 Å². The molecule has 0 heteroatoms. The molecular formula is C17H26. The predicted octanol–water partition coefficient (Wildman–Crippen LogP) is 5.28. The van der Waals surface area contributed by atoms with Crippen molar-refractivity contribution in [2.75, 3.05) is 0 Å². The normalized spacial score (nSPS) is 23.8. The Morgan fingerprint density at radius 3 is 2.29 bits per heavy atom. The molecule has 0 amide bonds. The van der Waals surface area contributed by atoms with Gasteiger partial charge in [0.2, 0.25) is 0 Å². The Balaban J connectivity index is 1.96. The van der Waals surface area contributed by atoms with Gasteiger partial charge in [0, 0.05) is 0 Å². The second kappa shape index (κ2) is 4.84. The average Bonchev–Trinajstić information content (AvgIpc) is 3.05. The Labute approximate surface area is 106 Å². The lowest BCUT2D eigenvalue weighted by Gasteiger charge is -2.19. The molecule has 0 N–H and O–H groups in total. The van der Waals surface area contributed by atoms with Gasteiger partial charge in [-0.05, 0) is 41.2 Å². The van der Waals surface area contributed by atoms with Crippen LogP contribution in [0.5, 0.6) is 0 Å². The number of hydrogen-bond donors (Lipinski definition) is 0. The van der Waals surface area contributed by atoms with Crippen molar-refractivity contribution in [1.29, 1.82) is 0 Å². The number of unbranched alkanes of at least 4 members (excludes halogenated alkanes) is 1. The van der Waals surface area contributed by atoms with Crippen LogP contribution in [0.15, 0.2) is 24.3 Å². The molecule has 0 aromatic heterocycles. The van der Waals surface area contributed by atoms with Gasteiger partial charge in [0.25, 0.3) is 0 Å². The largest absolute Gasteiger partial charge is 0.0654 e. The van der Waals surface area contributed by atoms with Gasteiger partial charge in [0.05, 0.1) is 0 Å². The van der Waals surface area contributed by atoms with Crippen molar-refractivity contribution < 1.29 is 0 Å². The lowest BCUT2D eigenvalue weighted by molar-refractivity contribution is 0.589. The van der Waals surface area contributed by atoms with E-state index in [4.69, 9.17) is 0 Å². The first-order valence-corrected chi connectivity index (χ1v) is 7.13. The van der Waals surface area contributed by atoms with Crippen molar-refractivity contribution in [2.45, 2.75) is 64.7 Å². The third-order valence-corrected chi connectivity index (χ3v) is 4.06. The summed E-state index contributed by atoms with van der Waals surface area (Å²) in [4.78, 5) is 0. The van der Waals surface area contributed by atoms with Crippen LogP contribution in [0.25, 0.3) is 0 Å². The van der Waals surface area contributed by atoms with E-state index in [1.165, 1.54) is 31.2 Å². The van der Waals surface area contributed by atoms with Crippen molar-refractivity contribution in [3.8, 4) is 0 Å². The van der Waals surface area contributed by atoms with E-state index < -0.39 is 0 Å². The highest BCUT2D eigenvalue weighted by molar-refractivity contribution is 5.32. The predicted molar refractivity (Wildman–Crippen MR) is 75.5 cm³/mol. The van der Waals surface area contributed by atoms with Crippen molar-refractivity contribution in [3.05, 3.63) is 35.4 Å². The molecule has 1 fully saturated rings. The minimum atomic E-state index is 0.281. The Hall–Kier alpha value is -0.780. The fraction of sp³-hybridized carbons (Fsp3) is 0.647. The molecule has 0 saturated heterocycles. The van der Waals surface area contributed by atoms with Crippen LogP contribution >= 0.6 is 0 Å². The number of hydrogen-bond acceptors (Lipinski definition) is 0.